The van der Waals surface area contributed by atoms with Gasteiger partial charge in [-0.3, -0.25) is 9.48 Å². The molecule has 0 saturated heterocycles. The molecule has 5 nitrogen and oxygen atoms in total. The number of aryl methyl sites for hydroxylation is 1. The quantitative estimate of drug-likeness (QED) is 0.818. The van der Waals surface area contributed by atoms with Gasteiger partial charge in [-0.15, -0.1) is 0 Å². The van der Waals surface area contributed by atoms with E-state index in [0.29, 0.717) is 5.56 Å². The van der Waals surface area contributed by atoms with Crippen LogP contribution < -0.4 is 10.6 Å². The van der Waals surface area contributed by atoms with E-state index in [1.807, 2.05) is 41.2 Å². The average molecular weight is 286 g/mol. The lowest BCUT2D eigenvalue weighted by Crippen LogP contribution is -2.18. The molecule has 2 N–H and O–H groups in total. The molecule has 1 amide bonds. The molecule has 0 aliphatic carbocycles. The summed E-state index contributed by atoms with van der Waals surface area (Å²) in [6, 6.07) is 9.67. The van der Waals surface area contributed by atoms with Gasteiger partial charge in [0.1, 0.15) is 0 Å². The predicted octanol–water partition coefficient (Wildman–Crippen LogP) is 1.94. The van der Waals surface area contributed by atoms with Crippen molar-refractivity contribution in [2.45, 2.75) is 33.0 Å². The van der Waals surface area contributed by atoms with Crippen LogP contribution in [-0.4, -0.2) is 22.7 Å². The average Bonchev–Trinajstić information content (AvgIpc) is 2.95. The third kappa shape index (κ3) is 4.16. The van der Waals surface area contributed by atoms with Crippen LogP contribution in [0, 0.1) is 0 Å². The van der Waals surface area contributed by atoms with E-state index in [4.69, 9.17) is 0 Å². The standard InChI is InChI=1S/C16H22N4O/c1-3-10-20-15(8-9-19-20)12-18-11-13-4-6-14(7-5-13)16(21)17-2/h4-9,18H,3,10-12H2,1-2H3,(H,17,21). The summed E-state index contributed by atoms with van der Waals surface area (Å²) in [4.78, 5) is 11.5. The minimum absolute atomic E-state index is 0.0574. The summed E-state index contributed by atoms with van der Waals surface area (Å²) in [7, 11) is 1.64. The van der Waals surface area contributed by atoms with Gasteiger partial charge in [-0.05, 0) is 30.2 Å². The number of rotatable bonds is 7. The molecule has 0 bridgehead atoms. The summed E-state index contributed by atoms with van der Waals surface area (Å²) in [5.41, 5.74) is 3.03. The van der Waals surface area contributed by atoms with Crippen LogP contribution in [-0.2, 0) is 19.6 Å². The van der Waals surface area contributed by atoms with Crippen LogP contribution in [0.4, 0.5) is 0 Å². The summed E-state index contributed by atoms with van der Waals surface area (Å²) in [6.07, 6.45) is 2.92. The number of aromatic nitrogens is 2. The molecule has 0 aliphatic heterocycles. The Morgan fingerprint density at radius 1 is 1.19 bits per heavy atom. The van der Waals surface area contributed by atoms with Gasteiger partial charge >= 0.3 is 0 Å². The van der Waals surface area contributed by atoms with Gasteiger partial charge in [-0.1, -0.05) is 19.1 Å². The van der Waals surface area contributed by atoms with Crippen molar-refractivity contribution in [2.24, 2.45) is 0 Å². The van der Waals surface area contributed by atoms with Crippen molar-refractivity contribution in [3.63, 3.8) is 0 Å². The van der Waals surface area contributed by atoms with Crippen LogP contribution >= 0.6 is 0 Å². The van der Waals surface area contributed by atoms with E-state index in [1.54, 1.807) is 7.05 Å². The van der Waals surface area contributed by atoms with Crippen molar-refractivity contribution < 1.29 is 4.79 Å². The first-order valence-corrected chi connectivity index (χ1v) is 7.27. The fraction of sp³-hybridized carbons (Fsp3) is 0.375. The van der Waals surface area contributed by atoms with Crippen LogP contribution in [0.15, 0.2) is 36.5 Å². The van der Waals surface area contributed by atoms with Gasteiger partial charge in [0.25, 0.3) is 5.91 Å². The highest BCUT2D eigenvalue weighted by Crippen LogP contribution is 2.05. The molecular weight excluding hydrogens is 264 g/mol. The first-order valence-electron chi connectivity index (χ1n) is 7.27. The first kappa shape index (κ1) is 15.3. The summed E-state index contributed by atoms with van der Waals surface area (Å²) in [6.45, 7) is 4.65. The number of hydrogen-bond acceptors (Lipinski definition) is 3. The fourth-order valence-corrected chi connectivity index (χ4v) is 2.18. The van der Waals surface area contributed by atoms with Crippen LogP contribution in [0.2, 0.25) is 0 Å². The third-order valence-corrected chi connectivity index (χ3v) is 3.32. The highest BCUT2D eigenvalue weighted by atomic mass is 16.1. The van der Waals surface area contributed by atoms with Crippen molar-refractivity contribution in [2.75, 3.05) is 7.05 Å². The summed E-state index contributed by atoms with van der Waals surface area (Å²) in [5, 5.41) is 10.3. The Bertz CT molecular complexity index is 574. The van der Waals surface area contributed by atoms with Gasteiger partial charge in [0.05, 0.1) is 5.69 Å². The molecule has 112 valence electrons. The molecule has 1 aromatic heterocycles. The van der Waals surface area contributed by atoms with E-state index >= 15 is 0 Å². The molecule has 5 heteroatoms. The van der Waals surface area contributed by atoms with Crippen LogP contribution in [0.5, 0.6) is 0 Å². The predicted molar refractivity (Wildman–Crippen MR) is 82.9 cm³/mol. The van der Waals surface area contributed by atoms with Gasteiger partial charge < -0.3 is 10.6 Å². The minimum atomic E-state index is -0.0574. The van der Waals surface area contributed by atoms with Gasteiger partial charge in [0, 0.05) is 38.4 Å². The molecule has 0 spiro atoms. The lowest BCUT2D eigenvalue weighted by Gasteiger charge is -2.08. The second-order valence-corrected chi connectivity index (χ2v) is 4.93. The maximum absolute atomic E-state index is 11.5. The second-order valence-electron chi connectivity index (χ2n) is 4.93. The van der Waals surface area contributed by atoms with Crippen LogP contribution in [0.1, 0.15) is 35.0 Å². The highest BCUT2D eigenvalue weighted by molar-refractivity contribution is 5.93. The molecule has 1 heterocycles. The molecule has 2 aromatic rings. The van der Waals surface area contributed by atoms with Gasteiger partial charge in [0.2, 0.25) is 0 Å². The van der Waals surface area contributed by atoms with E-state index in [2.05, 4.69) is 22.7 Å². The molecule has 0 fully saturated rings. The summed E-state index contributed by atoms with van der Waals surface area (Å²) >= 11 is 0. The van der Waals surface area contributed by atoms with Crippen LogP contribution in [0.25, 0.3) is 0 Å². The summed E-state index contributed by atoms with van der Waals surface area (Å²) < 4.78 is 2.03. The number of nitrogens with zero attached hydrogens (tertiary/aromatic N) is 2. The number of hydrogen-bond donors (Lipinski definition) is 2. The Labute approximate surface area is 125 Å². The van der Waals surface area contributed by atoms with E-state index in [1.165, 1.54) is 5.69 Å². The molecule has 0 atom stereocenters. The molecule has 1 aromatic carbocycles. The first-order chi connectivity index (χ1) is 10.2. The maximum Gasteiger partial charge on any atom is 0.251 e. The lowest BCUT2D eigenvalue weighted by molar-refractivity contribution is 0.0963. The molecular formula is C16H22N4O. The third-order valence-electron chi connectivity index (χ3n) is 3.32. The minimum Gasteiger partial charge on any atom is -0.355 e. The number of carbonyl (C=O) groups excluding carboxylic acids is 1. The number of nitrogens with one attached hydrogen (secondary N) is 2. The zero-order chi connectivity index (χ0) is 15.1. The molecule has 0 radical (unpaired) electrons. The van der Waals surface area contributed by atoms with E-state index in [9.17, 15) is 4.79 Å². The Kier molecular flexibility index (Phi) is 5.51. The van der Waals surface area contributed by atoms with Gasteiger partial charge in [-0.2, -0.15) is 5.10 Å². The summed E-state index contributed by atoms with van der Waals surface area (Å²) in [5.74, 6) is -0.0574. The number of benzene rings is 1. The van der Waals surface area contributed by atoms with Crippen LogP contribution in [0.3, 0.4) is 0 Å². The normalized spacial score (nSPS) is 10.6. The van der Waals surface area contributed by atoms with Gasteiger partial charge in [0.15, 0.2) is 0 Å². The lowest BCUT2D eigenvalue weighted by atomic mass is 10.1. The number of amides is 1. The van der Waals surface area contributed by atoms with Crippen molar-refractivity contribution >= 4 is 5.91 Å². The van der Waals surface area contributed by atoms with Crippen molar-refractivity contribution in [3.05, 3.63) is 53.3 Å². The van der Waals surface area contributed by atoms with Crippen molar-refractivity contribution in [1.29, 1.82) is 0 Å². The molecule has 0 aliphatic rings. The van der Waals surface area contributed by atoms with E-state index < -0.39 is 0 Å². The molecule has 0 saturated carbocycles. The highest BCUT2D eigenvalue weighted by Gasteiger charge is 2.03. The van der Waals surface area contributed by atoms with Crippen molar-refractivity contribution in [3.8, 4) is 0 Å². The van der Waals surface area contributed by atoms with E-state index in [0.717, 1.165) is 31.6 Å². The fourth-order valence-electron chi connectivity index (χ4n) is 2.18. The molecule has 0 unspecified atom stereocenters. The largest absolute Gasteiger partial charge is 0.355 e. The monoisotopic (exact) mass is 286 g/mol. The number of carbonyl (C=O) groups is 1. The Morgan fingerprint density at radius 2 is 1.95 bits per heavy atom. The maximum atomic E-state index is 11.5. The second kappa shape index (κ2) is 7.59. The van der Waals surface area contributed by atoms with E-state index in [-0.39, 0.29) is 5.91 Å². The Morgan fingerprint density at radius 3 is 2.62 bits per heavy atom. The molecule has 2 rings (SSSR count). The SMILES string of the molecule is CCCn1nccc1CNCc1ccc(C(=O)NC)cc1. The Balaban J connectivity index is 1.85. The molecule has 21 heavy (non-hydrogen) atoms. The topological polar surface area (TPSA) is 59.0 Å². The zero-order valence-electron chi connectivity index (χ0n) is 12.6. The van der Waals surface area contributed by atoms with Crippen molar-refractivity contribution in [1.82, 2.24) is 20.4 Å². The van der Waals surface area contributed by atoms with Gasteiger partial charge in [-0.25, -0.2) is 0 Å². The Hall–Kier alpha value is -2.14. The zero-order valence-corrected chi connectivity index (χ0v) is 12.6. The smallest absolute Gasteiger partial charge is 0.251 e.